The minimum atomic E-state index is -0.737. The van der Waals surface area contributed by atoms with Crippen LogP contribution in [-0.4, -0.2) is 18.8 Å². The van der Waals surface area contributed by atoms with Crippen molar-refractivity contribution in [2.45, 2.75) is 12.8 Å². The molecule has 0 saturated carbocycles. The molecular formula is C10H12F2O2. The van der Waals surface area contributed by atoms with Gasteiger partial charge in [-0.15, -0.1) is 0 Å². The van der Waals surface area contributed by atoms with Gasteiger partial charge in [0.1, 0.15) is 5.82 Å². The Kier molecular flexibility index (Phi) is 3.41. The van der Waals surface area contributed by atoms with Crippen molar-refractivity contribution in [3.05, 3.63) is 29.3 Å². The summed E-state index contributed by atoms with van der Waals surface area (Å²) in [6.45, 7) is 1.46. The summed E-state index contributed by atoms with van der Waals surface area (Å²) in [6, 6.07) is 2.03. The van der Waals surface area contributed by atoms with Crippen molar-refractivity contribution < 1.29 is 18.6 Å². The van der Waals surface area contributed by atoms with Crippen LogP contribution in [0.3, 0.4) is 0 Å². The van der Waals surface area contributed by atoms with Crippen LogP contribution in [0.4, 0.5) is 8.78 Å². The lowest BCUT2D eigenvalue weighted by atomic mass is 10.0. The van der Waals surface area contributed by atoms with E-state index in [1.165, 1.54) is 13.2 Å². The molecule has 0 aliphatic rings. The van der Waals surface area contributed by atoms with Crippen LogP contribution in [0.25, 0.3) is 0 Å². The van der Waals surface area contributed by atoms with Gasteiger partial charge in [-0.2, -0.15) is 0 Å². The van der Waals surface area contributed by atoms with Crippen LogP contribution in [-0.2, 0) is 0 Å². The highest BCUT2D eigenvalue weighted by molar-refractivity contribution is 5.33. The van der Waals surface area contributed by atoms with Gasteiger partial charge in [-0.3, -0.25) is 0 Å². The molecule has 1 unspecified atom stereocenters. The molecule has 4 heteroatoms. The predicted octanol–water partition coefficient (Wildman–Crippen LogP) is 2.07. The quantitative estimate of drug-likeness (QED) is 0.813. The molecular weight excluding hydrogens is 190 g/mol. The summed E-state index contributed by atoms with van der Waals surface area (Å²) in [4.78, 5) is 0. The van der Waals surface area contributed by atoms with Crippen molar-refractivity contribution in [2.75, 3.05) is 13.7 Å². The first kappa shape index (κ1) is 10.9. The van der Waals surface area contributed by atoms with Gasteiger partial charge in [0.15, 0.2) is 11.6 Å². The van der Waals surface area contributed by atoms with Gasteiger partial charge in [0.05, 0.1) is 7.11 Å². The molecule has 78 valence electrons. The zero-order chi connectivity index (χ0) is 10.7. The first-order valence-corrected chi connectivity index (χ1v) is 4.24. The Morgan fingerprint density at radius 1 is 1.36 bits per heavy atom. The first-order chi connectivity index (χ1) is 6.60. The molecule has 0 amide bonds. The molecule has 1 atom stereocenters. The number of methoxy groups -OCH3 is 1. The maximum atomic E-state index is 13.2. The molecule has 1 N–H and O–H groups in total. The Bertz CT molecular complexity index is 326. The normalized spacial score (nSPS) is 12.6. The first-order valence-electron chi connectivity index (χ1n) is 4.24. The van der Waals surface area contributed by atoms with Gasteiger partial charge in [-0.1, -0.05) is 6.92 Å². The van der Waals surface area contributed by atoms with E-state index >= 15 is 0 Å². The van der Waals surface area contributed by atoms with Gasteiger partial charge in [-0.05, 0) is 11.6 Å². The van der Waals surface area contributed by atoms with Crippen molar-refractivity contribution in [2.24, 2.45) is 0 Å². The van der Waals surface area contributed by atoms with Gasteiger partial charge in [0, 0.05) is 18.6 Å². The number of hydrogen-bond acceptors (Lipinski definition) is 2. The van der Waals surface area contributed by atoms with Crippen LogP contribution in [0.1, 0.15) is 18.4 Å². The van der Waals surface area contributed by atoms with E-state index < -0.39 is 11.6 Å². The summed E-state index contributed by atoms with van der Waals surface area (Å²) >= 11 is 0. The van der Waals surface area contributed by atoms with Crippen molar-refractivity contribution in [1.29, 1.82) is 0 Å². The Morgan fingerprint density at radius 3 is 2.50 bits per heavy atom. The summed E-state index contributed by atoms with van der Waals surface area (Å²) in [5.74, 6) is -1.78. The topological polar surface area (TPSA) is 29.5 Å². The number of rotatable bonds is 3. The lowest BCUT2D eigenvalue weighted by Crippen LogP contribution is -2.03. The van der Waals surface area contributed by atoms with E-state index in [1.54, 1.807) is 6.92 Å². The van der Waals surface area contributed by atoms with Crippen molar-refractivity contribution >= 4 is 0 Å². The molecule has 0 bridgehead atoms. The minimum absolute atomic E-state index is 0.0123. The molecule has 0 spiro atoms. The maximum absolute atomic E-state index is 13.2. The summed E-state index contributed by atoms with van der Waals surface area (Å²) in [5.41, 5.74) is 0.255. The molecule has 1 rings (SSSR count). The van der Waals surface area contributed by atoms with E-state index in [9.17, 15) is 8.78 Å². The molecule has 14 heavy (non-hydrogen) atoms. The average Bonchev–Trinajstić information content (AvgIpc) is 2.17. The summed E-state index contributed by atoms with van der Waals surface area (Å²) < 4.78 is 30.9. The highest BCUT2D eigenvalue weighted by Gasteiger charge is 2.14. The van der Waals surface area contributed by atoms with Crippen molar-refractivity contribution in [3.8, 4) is 5.75 Å². The number of hydrogen-bond donors (Lipinski definition) is 1. The van der Waals surface area contributed by atoms with Gasteiger partial charge in [0.2, 0.25) is 0 Å². The lowest BCUT2D eigenvalue weighted by molar-refractivity contribution is 0.269. The second kappa shape index (κ2) is 4.37. The van der Waals surface area contributed by atoms with Crippen LogP contribution in [0, 0.1) is 11.6 Å². The third-order valence-electron chi connectivity index (χ3n) is 2.08. The molecule has 0 fully saturated rings. The minimum Gasteiger partial charge on any atom is -0.494 e. The second-order valence-corrected chi connectivity index (χ2v) is 3.09. The van der Waals surface area contributed by atoms with Crippen LogP contribution in [0.15, 0.2) is 12.1 Å². The molecule has 0 aliphatic heterocycles. The van der Waals surface area contributed by atoms with E-state index in [1.807, 2.05) is 0 Å². The standard InChI is InChI=1S/C10H12F2O2/c1-6(5-13)7-3-10(14-2)9(12)4-8(7)11/h3-4,6,13H,5H2,1-2H3. The molecule has 0 radical (unpaired) electrons. The largest absolute Gasteiger partial charge is 0.494 e. The second-order valence-electron chi connectivity index (χ2n) is 3.09. The smallest absolute Gasteiger partial charge is 0.167 e. The molecule has 2 nitrogen and oxygen atoms in total. The Morgan fingerprint density at radius 2 is 2.00 bits per heavy atom. The fourth-order valence-corrected chi connectivity index (χ4v) is 1.18. The summed E-state index contributed by atoms with van der Waals surface area (Å²) in [6.07, 6.45) is 0. The van der Waals surface area contributed by atoms with Gasteiger partial charge in [0.25, 0.3) is 0 Å². The number of halogens is 2. The third kappa shape index (κ3) is 2.01. The van der Waals surface area contributed by atoms with Crippen molar-refractivity contribution in [1.82, 2.24) is 0 Å². The Labute approximate surface area is 81.1 Å². The molecule has 1 aromatic carbocycles. The fourth-order valence-electron chi connectivity index (χ4n) is 1.18. The summed E-state index contributed by atoms with van der Waals surface area (Å²) in [7, 11) is 1.31. The Hall–Kier alpha value is -1.16. The number of ether oxygens (including phenoxy) is 1. The molecule has 0 aliphatic carbocycles. The number of aliphatic hydroxyl groups is 1. The lowest BCUT2D eigenvalue weighted by Gasteiger charge is -2.11. The zero-order valence-electron chi connectivity index (χ0n) is 8.05. The summed E-state index contributed by atoms with van der Waals surface area (Å²) in [5, 5.41) is 8.84. The van der Waals surface area contributed by atoms with Gasteiger partial charge in [-0.25, -0.2) is 8.78 Å². The van der Waals surface area contributed by atoms with Crippen LogP contribution in [0.2, 0.25) is 0 Å². The predicted molar refractivity (Wildman–Crippen MR) is 48.4 cm³/mol. The number of aliphatic hydroxyl groups excluding tert-OH is 1. The van der Waals surface area contributed by atoms with Crippen LogP contribution in [0.5, 0.6) is 5.75 Å². The monoisotopic (exact) mass is 202 g/mol. The highest BCUT2D eigenvalue weighted by Crippen LogP contribution is 2.26. The van der Waals surface area contributed by atoms with Gasteiger partial charge < -0.3 is 9.84 Å². The van der Waals surface area contributed by atoms with E-state index in [2.05, 4.69) is 0 Å². The number of benzene rings is 1. The molecule has 0 heterocycles. The average molecular weight is 202 g/mol. The fraction of sp³-hybridized carbons (Fsp3) is 0.400. The Balaban J connectivity index is 3.17. The SMILES string of the molecule is COc1cc(C(C)CO)c(F)cc1F. The van der Waals surface area contributed by atoms with E-state index in [0.717, 1.165) is 6.07 Å². The maximum Gasteiger partial charge on any atom is 0.167 e. The third-order valence-corrected chi connectivity index (χ3v) is 2.08. The highest BCUT2D eigenvalue weighted by atomic mass is 19.1. The van der Waals surface area contributed by atoms with E-state index in [-0.39, 0.29) is 23.8 Å². The van der Waals surface area contributed by atoms with E-state index in [4.69, 9.17) is 9.84 Å². The molecule has 1 aromatic rings. The van der Waals surface area contributed by atoms with Crippen molar-refractivity contribution in [3.63, 3.8) is 0 Å². The molecule has 0 saturated heterocycles. The zero-order valence-corrected chi connectivity index (χ0v) is 8.05. The van der Waals surface area contributed by atoms with Gasteiger partial charge >= 0.3 is 0 Å². The molecule has 0 aromatic heterocycles. The van der Waals surface area contributed by atoms with Crippen LogP contribution < -0.4 is 4.74 Å². The van der Waals surface area contributed by atoms with E-state index in [0.29, 0.717) is 0 Å². The van der Waals surface area contributed by atoms with Crippen LogP contribution >= 0.6 is 0 Å².